The highest BCUT2D eigenvalue weighted by atomic mass is 19.2. The van der Waals surface area contributed by atoms with Crippen LogP contribution in [0.4, 0.5) is 8.78 Å². The first-order valence-corrected chi connectivity index (χ1v) is 5.57. The molecule has 0 radical (unpaired) electrons. The maximum Gasteiger partial charge on any atom is 0.163 e. The van der Waals surface area contributed by atoms with Crippen LogP contribution in [0.15, 0.2) is 24.5 Å². The second-order valence-electron chi connectivity index (χ2n) is 3.99. The molecule has 96 valence electrons. The van der Waals surface area contributed by atoms with E-state index in [4.69, 9.17) is 0 Å². The zero-order valence-electron chi connectivity index (χ0n) is 10.2. The molecule has 1 aromatic heterocycles. The number of hydrogen-bond acceptors (Lipinski definition) is 3. The Morgan fingerprint density at radius 2 is 2.17 bits per heavy atom. The van der Waals surface area contributed by atoms with Gasteiger partial charge in [-0.2, -0.15) is 5.10 Å². The van der Waals surface area contributed by atoms with E-state index in [0.717, 1.165) is 6.07 Å². The fourth-order valence-corrected chi connectivity index (χ4v) is 1.84. The van der Waals surface area contributed by atoms with Gasteiger partial charge in [0.25, 0.3) is 0 Å². The van der Waals surface area contributed by atoms with Crippen LogP contribution in [0, 0.1) is 11.6 Å². The van der Waals surface area contributed by atoms with E-state index in [-0.39, 0.29) is 6.04 Å². The summed E-state index contributed by atoms with van der Waals surface area (Å²) in [5.74, 6) is -0.956. The van der Waals surface area contributed by atoms with Crippen molar-refractivity contribution < 1.29 is 8.78 Å². The number of aryl methyl sites for hydroxylation is 1. The Balaban J connectivity index is 2.29. The summed E-state index contributed by atoms with van der Waals surface area (Å²) < 4.78 is 28.5. The lowest BCUT2D eigenvalue weighted by molar-refractivity contribution is 0.467. The second kappa shape index (κ2) is 5.22. The minimum atomic E-state index is -0.842. The van der Waals surface area contributed by atoms with Crippen molar-refractivity contribution in [1.82, 2.24) is 20.1 Å². The molecule has 4 nitrogen and oxygen atoms in total. The maximum atomic E-state index is 13.7. The summed E-state index contributed by atoms with van der Waals surface area (Å²) >= 11 is 0. The largest absolute Gasteiger partial charge is 0.313 e. The molecule has 1 aromatic carbocycles. The van der Waals surface area contributed by atoms with E-state index in [1.54, 1.807) is 24.8 Å². The Morgan fingerprint density at radius 3 is 2.78 bits per heavy atom. The summed E-state index contributed by atoms with van der Waals surface area (Å²) in [6.45, 7) is 0. The molecule has 0 bridgehead atoms. The van der Waals surface area contributed by atoms with E-state index < -0.39 is 11.6 Å². The van der Waals surface area contributed by atoms with Crippen LogP contribution >= 0.6 is 0 Å². The molecule has 2 rings (SSSR count). The van der Waals surface area contributed by atoms with Crippen LogP contribution in [0.3, 0.4) is 0 Å². The highest BCUT2D eigenvalue weighted by Crippen LogP contribution is 2.21. The van der Waals surface area contributed by atoms with E-state index in [1.165, 1.54) is 12.4 Å². The van der Waals surface area contributed by atoms with Gasteiger partial charge < -0.3 is 5.32 Å². The maximum absolute atomic E-state index is 13.7. The first-order valence-electron chi connectivity index (χ1n) is 5.57. The zero-order valence-corrected chi connectivity index (χ0v) is 10.2. The summed E-state index contributed by atoms with van der Waals surface area (Å²) in [4.78, 5) is 4.08. The van der Waals surface area contributed by atoms with Crippen molar-refractivity contribution in [1.29, 1.82) is 0 Å². The van der Waals surface area contributed by atoms with Crippen LogP contribution < -0.4 is 5.32 Å². The number of hydrogen-bond donors (Lipinski definition) is 1. The average molecular weight is 252 g/mol. The standard InChI is InChI=1S/C12H14F2N4/c1-15-10(6-11-16-7-17-18(11)2)8-4-3-5-9(13)12(8)14/h3-5,7,10,15H,6H2,1-2H3. The molecule has 0 aliphatic heterocycles. The molecule has 0 aliphatic carbocycles. The monoisotopic (exact) mass is 252 g/mol. The number of benzene rings is 1. The molecule has 0 spiro atoms. The van der Waals surface area contributed by atoms with E-state index in [2.05, 4.69) is 15.4 Å². The molecule has 0 amide bonds. The van der Waals surface area contributed by atoms with Crippen molar-refractivity contribution in [2.75, 3.05) is 7.05 Å². The third-order valence-electron chi connectivity index (χ3n) is 2.90. The van der Waals surface area contributed by atoms with Gasteiger partial charge in [0.2, 0.25) is 0 Å². The lowest BCUT2D eigenvalue weighted by Crippen LogP contribution is -2.22. The summed E-state index contributed by atoms with van der Waals surface area (Å²) in [7, 11) is 3.46. The minimum Gasteiger partial charge on any atom is -0.313 e. The van der Waals surface area contributed by atoms with Gasteiger partial charge >= 0.3 is 0 Å². The molecular weight excluding hydrogens is 238 g/mol. The second-order valence-corrected chi connectivity index (χ2v) is 3.99. The van der Waals surface area contributed by atoms with Gasteiger partial charge in [0.05, 0.1) is 0 Å². The molecule has 1 unspecified atom stereocenters. The average Bonchev–Trinajstić information content (AvgIpc) is 2.76. The Kier molecular flexibility index (Phi) is 3.66. The summed E-state index contributed by atoms with van der Waals surface area (Å²) in [5, 5.41) is 6.91. The van der Waals surface area contributed by atoms with Gasteiger partial charge in [0.1, 0.15) is 12.2 Å². The smallest absolute Gasteiger partial charge is 0.163 e. The molecule has 0 aliphatic rings. The van der Waals surface area contributed by atoms with Crippen LogP contribution in [0.1, 0.15) is 17.4 Å². The van der Waals surface area contributed by atoms with Gasteiger partial charge in [0, 0.05) is 25.1 Å². The number of nitrogens with zero attached hydrogens (tertiary/aromatic N) is 3. The quantitative estimate of drug-likeness (QED) is 0.898. The summed E-state index contributed by atoms with van der Waals surface area (Å²) in [6.07, 6.45) is 1.87. The van der Waals surface area contributed by atoms with Gasteiger partial charge in [-0.1, -0.05) is 12.1 Å². The highest BCUT2D eigenvalue weighted by Gasteiger charge is 2.18. The van der Waals surface area contributed by atoms with Crippen molar-refractivity contribution in [2.24, 2.45) is 7.05 Å². The first-order chi connectivity index (χ1) is 8.63. The molecule has 0 saturated heterocycles. The van der Waals surface area contributed by atoms with Crippen molar-refractivity contribution >= 4 is 0 Å². The predicted molar refractivity (Wildman–Crippen MR) is 62.9 cm³/mol. The molecule has 18 heavy (non-hydrogen) atoms. The third-order valence-corrected chi connectivity index (χ3v) is 2.90. The lowest BCUT2D eigenvalue weighted by atomic mass is 10.0. The van der Waals surface area contributed by atoms with Gasteiger partial charge in [-0.15, -0.1) is 0 Å². The number of halogens is 2. The van der Waals surface area contributed by atoms with Crippen molar-refractivity contribution in [3.8, 4) is 0 Å². The van der Waals surface area contributed by atoms with Crippen LogP contribution in [0.5, 0.6) is 0 Å². The van der Waals surface area contributed by atoms with E-state index in [1.807, 2.05) is 0 Å². The molecular formula is C12H14F2N4. The van der Waals surface area contributed by atoms with Crippen LogP contribution in [0.2, 0.25) is 0 Å². The van der Waals surface area contributed by atoms with Crippen LogP contribution in [0.25, 0.3) is 0 Å². The fourth-order valence-electron chi connectivity index (χ4n) is 1.84. The Labute approximate surface area is 104 Å². The molecule has 1 atom stereocenters. The van der Waals surface area contributed by atoms with Gasteiger partial charge in [-0.25, -0.2) is 13.8 Å². The van der Waals surface area contributed by atoms with Gasteiger partial charge in [-0.05, 0) is 13.1 Å². The number of rotatable bonds is 4. The molecule has 0 fully saturated rings. The van der Waals surface area contributed by atoms with Gasteiger partial charge in [-0.3, -0.25) is 4.68 Å². The van der Waals surface area contributed by atoms with Crippen molar-refractivity contribution in [3.05, 3.63) is 47.5 Å². The van der Waals surface area contributed by atoms with E-state index in [9.17, 15) is 8.78 Å². The number of nitrogens with one attached hydrogen (secondary N) is 1. The zero-order chi connectivity index (χ0) is 13.1. The summed E-state index contributed by atoms with van der Waals surface area (Å²) in [5.41, 5.74) is 0.292. The predicted octanol–water partition coefficient (Wildman–Crippen LogP) is 1.60. The van der Waals surface area contributed by atoms with Gasteiger partial charge in [0.15, 0.2) is 11.6 Å². The molecule has 2 aromatic rings. The van der Waals surface area contributed by atoms with Crippen molar-refractivity contribution in [3.63, 3.8) is 0 Å². The van der Waals surface area contributed by atoms with E-state index in [0.29, 0.717) is 17.8 Å². The van der Waals surface area contributed by atoms with Crippen LogP contribution in [-0.2, 0) is 13.5 Å². The normalized spacial score (nSPS) is 12.7. The third kappa shape index (κ3) is 2.38. The Morgan fingerprint density at radius 1 is 1.39 bits per heavy atom. The van der Waals surface area contributed by atoms with Crippen LogP contribution in [-0.4, -0.2) is 21.8 Å². The molecule has 0 saturated carbocycles. The number of likely N-dealkylation sites (N-methyl/N-ethyl adjacent to an activating group) is 1. The Bertz CT molecular complexity index is 539. The first kappa shape index (κ1) is 12.6. The SMILES string of the molecule is CNC(Cc1ncnn1C)c1cccc(F)c1F. The minimum absolute atomic E-state index is 0.292. The Hall–Kier alpha value is -1.82. The molecule has 6 heteroatoms. The summed E-state index contributed by atoms with van der Waals surface area (Å²) in [6, 6.07) is 3.82. The highest BCUT2D eigenvalue weighted by molar-refractivity contribution is 5.23. The fraction of sp³-hybridized carbons (Fsp3) is 0.333. The number of aromatic nitrogens is 3. The molecule has 1 heterocycles. The van der Waals surface area contributed by atoms with Crippen molar-refractivity contribution in [2.45, 2.75) is 12.5 Å². The topological polar surface area (TPSA) is 42.7 Å². The van der Waals surface area contributed by atoms with E-state index >= 15 is 0 Å². The molecule has 1 N–H and O–H groups in total. The lowest BCUT2D eigenvalue weighted by Gasteiger charge is -2.16.